The summed E-state index contributed by atoms with van der Waals surface area (Å²) in [5.41, 5.74) is -2.02. The van der Waals surface area contributed by atoms with Crippen LogP contribution in [-0.4, -0.2) is 29.4 Å². The van der Waals surface area contributed by atoms with Gasteiger partial charge in [-0.1, -0.05) is 6.07 Å². The van der Waals surface area contributed by atoms with Crippen molar-refractivity contribution in [2.24, 2.45) is 0 Å². The molecule has 0 radical (unpaired) electrons. The van der Waals surface area contributed by atoms with E-state index in [0.29, 0.717) is 17.1 Å². The molecule has 0 aliphatic rings. The molecule has 2 aromatic carbocycles. The first-order valence-corrected chi connectivity index (χ1v) is 9.25. The summed E-state index contributed by atoms with van der Waals surface area (Å²) >= 11 is 0. The van der Waals surface area contributed by atoms with Gasteiger partial charge in [0.05, 0.1) is 41.4 Å². The highest BCUT2D eigenvalue weighted by Crippen LogP contribution is 2.36. The summed E-state index contributed by atoms with van der Waals surface area (Å²) in [5.74, 6) is -1.76. The van der Waals surface area contributed by atoms with Crippen molar-refractivity contribution in [1.82, 2.24) is 24.3 Å². The topological polar surface area (TPSA) is 110 Å². The molecule has 0 aliphatic carbocycles. The Bertz CT molecular complexity index is 1360. The molecule has 2 heterocycles. The highest BCUT2D eigenvalue weighted by molar-refractivity contribution is 5.78. The number of rotatable bonds is 5. The Morgan fingerprint density at radius 2 is 2.03 bits per heavy atom. The molecule has 0 saturated heterocycles. The number of halogens is 2. The Morgan fingerprint density at radius 3 is 2.71 bits per heavy atom. The summed E-state index contributed by atoms with van der Waals surface area (Å²) in [6.45, 7) is 1.27. The minimum atomic E-state index is -2.00. The first-order valence-electron chi connectivity index (χ1n) is 9.25. The lowest BCUT2D eigenvalue weighted by Crippen LogP contribution is -2.43. The van der Waals surface area contributed by atoms with E-state index in [1.807, 2.05) is 6.07 Å². The fourth-order valence-corrected chi connectivity index (χ4v) is 3.55. The average Bonchev–Trinajstić information content (AvgIpc) is 3.25. The maximum atomic E-state index is 14.7. The Morgan fingerprint density at radius 1 is 1.23 bits per heavy atom. The number of nitrogens with zero attached hydrogens (tertiary/aromatic N) is 6. The van der Waals surface area contributed by atoms with Gasteiger partial charge in [0, 0.05) is 11.6 Å². The van der Waals surface area contributed by atoms with Gasteiger partial charge in [0.2, 0.25) is 0 Å². The van der Waals surface area contributed by atoms with E-state index in [9.17, 15) is 18.7 Å². The van der Waals surface area contributed by atoms with E-state index < -0.39 is 28.8 Å². The van der Waals surface area contributed by atoms with E-state index in [1.54, 1.807) is 0 Å². The molecule has 2 atom stereocenters. The summed E-state index contributed by atoms with van der Waals surface area (Å²) in [7, 11) is 0. The van der Waals surface area contributed by atoms with Gasteiger partial charge in [-0.3, -0.25) is 9.36 Å². The highest BCUT2D eigenvalue weighted by atomic mass is 19.1. The fourth-order valence-electron chi connectivity index (χ4n) is 3.55. The maximum Gasteiger partial charge on any atom is 0.261 e. The lowest BCUT2D eigenvalue weighted by Gasteiger charge is -2.35. The Balaban J connectivity index is 1.88. The van der Waals surface area contributed by atoms with E-state index in [-0.39, 0.29) is 17.5 Å². The second kappa shape index (κ2) is 7.70. The van der Waals surface area contributed by atoms with Gasteiger partial charge in [-0.15, -0.1) is 0 Å². The van der Waals surface area contributed by atoms with E-state index in [0.717, 1.165) is 12.1 Å². The van der Waals surface area contributed by atoms with Gasteiger partial charge in [-0.25, -0.2) is 23.4 Å². The summed E-state index contributed by atoms with van der Waals surface area (Å²) in [4.78, 5) is 21.2. The van der Waals surface area contributed by atoms with E-state index in [1.165, 1.54) is 53.4 Å². The van der Waals surface area contributed by atoms with E-state index in [2.05, 4.69) is 15.1 Å². The third-order valence-electron chi connectivity index (χ3n) is 5.29. The second-order valence-corrected chi connectivity index (χ2v) is 7.12. The molecule has 0 spiro atoms. The lowest BCUT2D eigenvalue weighted by atomic mass is 9.86. The van der Waals surface area contributed by atoms with E-state index >= 15 is 0 Å². The van der Waals surface area contributed by atoms with Crippen molar-refractivity contribution in [3.05, 3.63) is 88.5 Å². The molecule has 156 valence electrons. The van der Waals surface area contributed by atoms with Gasteiger partial charge in [-0.05, 0) is 31.2 Å². The Labute approximate surface area is 174 Å². The second-order valence-electron chi connectivity index (χ2n) is 7.12. The zero-order chi connectivity index (χ0) is 22.2. The number of benzene rings is 2. The predicted octanol–water partition coefficient (Wildman–Crippen LogP) is 2.29. The molecule has 4 rings (SSSR count). The van der Waals surface area contributed by atoms with Crippen molar-refractivity contribution in [1.29, 1.82) is 5.26 Å². The van der Waals surface area contributed by atoms with Gasteiger partial charge in [-0.2, -0.15) is 10.4 Å². The molecule has 4 aromatic rings. The van der Waals surface area contributed by atoms with E-state index in [4.69, 9.17) is 5.26 Å². The molecule has 0 amide bonds. The van der Waals surface area contributed by atoms with Gasteiger partial charge in [0.15, 0.2) is 0 Å². The van der Waals surface area contributed by atoms with Gasteiger partial charge < -0.3 is 5.11 Å². The van der Waals surface area contributed by atoms with Crippen LogP contribution < -0.4 is 5.56 Å². The fraction of sp³-hybridized carbons (Fsp3) is 0.190. The minimum absolute atomic E-state index is 0.205. The number of aliphatic hydroxyl groups is 1. The number of nitriles is 1. The Kier molecular flexibility index (Phi) is 5.04. The molecule has 0 aliphatic heterocycles. The molecular weight excluding hydrogens is 406 g/mol. The summed E-state index contributed by atoms with van der Waals surface area (Å²) in [5, 5.41) is 24.9. The molecule has 1 N–H and O–H groups in total. The smallest absolute Gasteiger partial charge is 0.261 e. The number of aromatic nitrogens is 5. The minimum Gasteiger partial charge on any atom is -0.381 e. The summed E-state index contributed by atoms with van der Waals surface area (Å²) in [6, 6.07) is 8.22. The SMILES string of the molecule is CC(n1cnc2cc(C#N)ccc2c1=O)C(O)(Cn1cncn1)c1ccc(F)cc1F. The van der Waals surface area contributed by atoms with Crippen LogP contribution in [0.4, 0.5) is 8.78 Å². The van der Waals surface area contributed by atoms with Crippen LogP contribution in [0.25, 0.3) is 10.9 Å². The number of fused-ring (bicyclic) bond motifs is 1. The molecule has 2 unspecified atom stereocenters. The molecule has 8 nitrogen and oxygen atoms in total. The van der Waals surface area contributed by atoms with Gasteiger partial charge in [0.25, 0.3) is 5.56 Å². The van der Waals surface area contributed by atoms with Crippen molar-refractivity contribution in [2.45, 2.75) is 25.1 Å². The maximum absolute atomic E-state index is 14.7. The molecule has 0 saturated carbocycles. The number of hydrogen-bond donors (Lipinski definition) is 1. The van der Waals surface area contributed by atoms with Crippen molar-refractivity contribution in [3.63, 3.8) is 0 Å². The zero-order valence-electron chi connectivity index (χ0n) is 16.3. The molecule has 31 heavy (non-hydrogen) atoms. The summed E-state index contributed by atoms with van der Waals surface area (Å²) in [6.07, 6.45) is 3.82. The van der Waals surface area contributed by atoms with Crippen LogP contribution >= 0.6 is 0 Å². The predicted molar refractivity (Wildman–Crippen MR) is 106 cm³/mol. The molecule has 10 heteroatoms. The third-order valence-corrected chi connectivity index (χ3v) is 5.29. The highest BCUT2D eigenvalue weighted by Gasteiger charge is 2.41. The lowest BCUT2D eigenvalue weighted by molar-refractivity contribution is -0.0343. The quantitative estimate of drug-likeness (QED) is 0.529. The van der Waals surface area contributed by atoms with Crippen LogP contribution in [0.2, 0.25) is 0 Å². The van der Waals surface area contributed by atoms with Crippen molar-refractivity contribution in [2.75, 3.05) is 0 Å². The van der Waals surface area contributed by atoms with Gasteiger partial charge in [0.1, 0.15) is 29.9 Å². The molecule has 2 aromatic heterocycles. The van der Waals surface area contributed by atoms with Crippen LogP contribution in [0.1, 0.15) is 24.1 Å². The largest absolute Gasteiger partial charge is 0.381 e. The normalized spacial score (nSPS) is 14.2. The first kappa shape index (κ1) is 20.3. The molecule has 0 bridgehead atoms. The van der Waals surface area contributed by atoms with Crippen LogP contribution in [0, 0.1) is 23.0 Å². The van der Waals surface area contributed by atoms with Crippen molar-refractivity contribution < 1.29 is 13.9 Å². The standard InChI is InChI=1S/C21H16F2N6O2/c1-13(29-12-26-19-6-14(8-24)2-4-16(19)20(29)30)21(31,9-28-11-25-10-27-28)17-5-3-15(22)7-18(17)23/h2-7,10-13,31H,9H2,1H3. The Hall–Kier alpha value is -3.97. The van der Waals surface area contributed by atoms with Crippen LogP contribution in [0.5, 0.6) is 0 Å². The summed E-state index contributed by atoms with van der Waals surface area (Å²) < 4.78 is 30.7. The zero-order valence-corrected chi connectivity index (χ0v) is 16.3. The van der Waals surface area contributed by atoms with Crippen LogP contribution in [0.3, 0.4) is 0 Å². The van der Waals surface area contributed by atoms with Gasteiger partial charge >= 0.3 is 0 Å². The van der Waals surface area contributed by atoms with Crippen molar-refractivity contribution in [3.8, 4) is 6.07 Å². The van der Waals surface area contributed by atoms with Crippen LogP contribution in [-0.2, 0) is 12.1 Å². The third kappa shape index (κ3) is 3.55. The molecule has 0 fully saturated rings. The average molecular weight is 422 g/mol. The van der Waals surface area contributed by atoms with Crippen molar-refractivity contribution >= 4 is 10.9 Å². The van der Waals surface area contributed by atoms with Crippen LogP contribution in [0.15, 0.2) is 60.2 Å². The monoisotopic (exact) mass is 422 g/mol. The first-order chi connectivity index (χ1) is 14.8. The number of hydrogen-bond acceptors (Lipinski definition) is 6. The molecular formula is C21H16F2N6O2.